The highest BCUT2D eigenvalue weighted by Gasteiger charge is 2.20. The lowest BCUT2D eigenvalue weighted by atomic mass is 10.1. The van der Waals surface area contributed by atoms with Crippen molar-refractivity contribution in [2.75, 3.05) is 18.5 Å². The molecule has 1 aromatic carbocycles. The summed E-state index contributed by atoms with van der Waals surface area (Å²) in [6, 6.07) is 3.27. The minimum absolute atomic E-state index is 0.167. The predicted molar refractivity (Wildman–Crippen MR) is 77.6 cm³/mol. The molecule has 0 aliphatic carbocycles. The largest absolute Gasteiger partial charge is 0.355 e. The van der Waals surface area contributed by atoms with Crippen LogP contribution >= 0.6 is 0 Å². The van der Waals surface area contributed by atoms with Crippen molar-refractivity contribution < 1.29 is 13.2 Å². The van der Waals surface area contributed by atoms with E-state index in [0.717, 1.165) is 0 Å². The van der Waals surface area contributed by atoms with Gasteiger partial charge in [-0.25, -0.2) is 13.1 Å². The maximum Gasteiger partial charge on any atom is 0.241 e. The normalized spacial score (nSPS) is 11.2. The van der Waals surface area contributed by atoms with Gasteiger partial charge in [0.2, 0.25) is 15.9 Å². The molecule has 0 bridgehead atoms. The number of hydrogen-bond donors (Lipinski definition) is 4. The first kappa shape index (κ1) is 16.4. The second kappa shape index (κ2) is 6.69. The van der Waals surface area contributed by atoms with E-state index in [9.17, 15) is 13.2 Å². The molecule has 1 amide bonds. The Morgan fingerprint density at radius 3 is 2.25 bits per heavy atom. The van der Waals surface area contributed by atoms with Gasteiger partial charge in [0, 0.05) is 12.2 Å². The molecule has 20 heavy (non-hydrogen) atoms. The highest BCUT2D eigenvalue weighted by Crippen LogP contribution is 2.23. The van der Waals surface area contributed by atoms with Gasteiger partial charge < -0.3 is 10.7 Å². The SMILES string of the molecule is CCNC(=O)CNS(=O)(=O)c1c(C)cc(NN)cc1C. The van der Waals surface area contributed by atoms with Crippen LogP contribution in [-0.2, 0) is 14.8 Å². The van der Waals surface area contributed by atoms with E-state index in [0.29, 0.717) is 23.4 Å². The minimum Gasteiger partial charge on any atom is -0.355 e. The molecular formula is C12H20N4O3S. The first-order chi connectivity index (χ1) is 9.31. The summed E-state index contributed by atoms with van der Waals surface area (Å²) in [7, 11) is -3.74. The third-order valence-electron chi connectivity index (χ3n) is 2.69. The Morgan fingerprint density at radius 2 is 1.80 bits per heavy atom. The maximum atomic E-state index is 12.2. The quantitative estimate of drug-likeness (QED) is 0.436. The highest BCUT2D eigenvalue weighted by molar-refractivity contribution is 7.89. The first-order valence-electron chi connectivity index (χ1n) is 6.16. The van der Waals surface area contributed by atoms with Crippen molar-refractivity contribution in [2.45, 2.75) is 25.7 Å². The number of nitrogens with two attached hydrogens (primary N) is 1. The number of carbonyl (C=O) groups excluding carboxylic acids is 1. The number of anilines is 1. The summed E-state index contributed by atoms with van der Waals surface area (Å²) in [5.41, 5.74) is 4.22. The van der Waals surface area contributed by atoms with Gasteiger partial charge in [-0.15, -0.1) is 0 Å². The lowest BCUT2D eigenvalue weighted by molar-refractivity contribution is -0.119. The van der Waals surface area contributed by atoms with Crippen LogP contribution in [0.1, 0.15) is 18.1 Å². The van der Waals surface area contributed by atoms with E-state index in [1.807, 2.05) is 0 Å². The molecule has 0 saturated heterocycles. The average Bonchev–Trinajstić information content (AvgIpc) is 2.35. The number of benzene rings is 1. The number of amides is 1. The average molecular weight is 300 g/mol. The van der Waals surface area contributed by atoms with Crippen LogP contribution in [0.25, 0.3) is 0 Å². The molecule has 0 spiro atoms. The molecule has 7 nitrogen and oxygen atoms in total. The van der Waals surface area contributed by atoms with Crippen LogP contribution in [0.5, 0.6) is 0 Å². The van der Waals surface area contributed by atoms with Crippen molar-refractivity contribution in [3.63, 3.8) is 0 Å². The third kappa shape index (κ3) is 3.92. The van der Waals surface area contributed by atoms with Crippen LogP contribution in [-0.4, -0.2) is 27.4 Å². The van der Waals surface area contributed by atoms with Crippen molar-refractivity contribution >= 4 is 21.6 Å². The Bertz CT molecular complexity index is 576. The molecule has 0 saturated carbocycles. The molecule has 0 atom stereocenters. The number of carbonyl (C=O) groups is 1. The minimum atomic E-state index is -3.74. The fraction of sp³-hybridized carbons (Fsp3) is 0.417. The Morgan fingerprint density at radius 1 is 1.25 bits per heavy atom. The number of sulfonamides is 1. The van der Waals surface area contributed by atoms with Crippen LogP contribution < -0.4 is 21.3 Å². The van der Waals surface area contributed by atoms with Crippen molar-refractivity contribution in [3.05, 3.63) is 23.3 Å². The van der Waals surface area contributed by atoms with Crippen molar-refractivity contribution in [2.24, 2.45) is 5.84 Å². The van der Waals surface area contributed by atoms with E-state index in [2.05, 4.69) is 15.5 Å². The van der Waals surface area contributed by atoms with Crippen LogP contribution in [0, 0.1) is 13.8 Å². The van der Waals surface area contributed by atoms with Crippen molar-refractivity contribution in [1.82, 2.24) is 10.0 Å². The number of nitrogen functional groups attached to an aromatic ring is 1. The molecule has 1 aromatic rings. The smallest absolute Gasteiger partial charge is 0.241 e. The molecule has 0 fully saturated rings. The third-order valence-corrected chi connectivity index (χ3v) is 4.40. The van der Waals surface area contributed by atoms with Gasteiger partial charge in [-0.3, -0.25) is 10.6 Å². The van der Waals surface area contributed by atoms with Gasteiger partial charge in [0.1, 0.15) is 0 Å². The summed E-state index contributed by atoms with van der Waals surface area (Å²) in [5, 5.41) is 2.52. The molecule has 0 unspecified atom stereocenters. The molecule has 0 radical (unpaired) electrons. The molecule has 0 aliphatic heterocycles. The molecule has 112 valence electrons. The topological polar surface area (TPSA) is 113 Å². The highest BCUT2D eigenvalue weighted by atomic mass is 32.2. The number of aryl methyl sites for hydroxylation is 2. The number of rotatable bonds is 6. The second-order valence-electron chi connectivity index (χ2n) is 4.36. The maximum absolute atomic E-state index is 12.2. The van der Waals surface area contributed by atoms with Crippen LogP contribution in [0.15, 0.2) is 17.0 Å². The van der Waals surface area contributed by atoms with Gasteiger partial charge in [-0.05, 0) is 44.0 Å². The standard InChI is InChI=1S/C12H20N4O3S/c1-4-14-11(17)7-15-20(18,19)12-8(2)5-10(16-13)6-9(12)3/h5-6,15-16H,4,7,13H2,1-3H3,(H,14,17). The fourth-order valence-electron chi connectivity index (χ4n) is 1.95. The molecular weight excluding hydrogens is 280 g/mol. The zero-order valence-corrected chi connectivity index (χ0v) is 12.6. The van der Waals surface area contributed by atoms with E-state index in [4.69, 9.17) is 5.84 Å². The van der Waals surface area contributed by atoms with Gasteiger partial charge in [-0.2, -0.15) is 0 Å². The zero-order chi connectivity index (χ0) is 15.3. The molecule has 0 aromatic heterocycles. The van der Waals surface area contributed by atoms with Crippen molar-refractivity contribution in [1.29, 1.82) is 0 Å². The van der Waals surface area contributed by atoms with Crippen LogP contribution in [0.2, 0.25) is 0 Å². The fourth-order valence-corrected chi connectivity index (χ4v) is 3.38. The lowest BCUT2D eigenvalue weighted by Gasteiger charge is -2.13. The summed E-state index contributed by atoms with van der Waals surface area (Å²) in [4.78, 5) is 11.5. The Kier molecular flexibility index (Phi) is 5.49. The molecule has 5 N–H and O–H groups in total. The van der Waals surface area contributed by atoms with E-state index >= 15 is 0 Å². The summed E-state index contributed by atoms with van der Waals surface area (Å²) < 4.78 is 26.8. The molecule has 0 heterocycles. The van der Waals surface area contributed by atoms with E-state index in [1.165, 1.54) is 0 Å². The summed E-state index contributed by atoms with van der Waals surface area (Å²) in [6.07, 6.45) is 0. The van der Waals surface area contributed by atoms with Crippen LogP contribution in [0.4, 0.5) is 5.69 Å². The Balaban J connectivity index is 3.01. The van der Waals surface area contributed by atoms with Gasteiger partial charge >= 0.3 is 0 Å². The number of likely N-dealkylation sites (N-methyl/N-ethyl adjacent to an activating group) is 1. The van der Waals surface area contributed by atoms with E-state index in [-0.39, 0.29) is 17.3 Å². The summed E-state index contributed by atoms with van der Waals surface area (Å²) in [5.74, 6) is 4.94. The number of nitrogens with one attached hydrogen (secondary N) is 3. The number of hydrazine groups is 1. The monoisotopic (exact) mass is 300 g/mol. The van der Waals surface area contributed by atoms with Gasteiger partial charge in [-0.1, -0.05) is 0 Å². The Hall–Kier alpha value is -1.64. The van der Waals surface area contributed by atoms with E-state index < -0.39 is 10.0 Å². The predicted octanol–water partition coefficient (Wildman–Crippen LogP) is 0.00344. The van der Waals surface area contributed by atoms with Gasteiger partial charge in [0.05, 0.1) is 11.4 Å². The Labute approximate surface area is 119 Å². The lowest BCUT2D eigenvalue weighted by Crippen LogP contribution is -2.37. The number of hydrogen-bond acceptors (Lipinski definition) is 5. The van der Waals surface area contributed by atoms with Crippen LogP contribution in [0.3, 0.4) is 0 Å². The summed E-state index contributed by atoms with van der Waals surface area (Å²) >= 11 is 0. The summed E-state index contributed by atoms with van der Waals surface area (Å²) in [6.45, 7) is 5.28. The van der Waals surface area contributed by atoms with Crippen molar-refractivity contribution in [3.8, 4) is 0 Å². The second-order valence-corrected chi connectivity index (χ2v) is 6.07. The van der Waals surface area contributed by atoms with Gasteiger partial charge in [0.15, 0.2) is 0 Å². The molecule has 8 heteroatoms. The van der Waals surface area contributed by atoms with Gasteiger partial charge in [0.25, 0.3) is 0 Å². The molecule has 0 aliphatic rings. The molecule has 1 rings (SSSR count). The first-order valence-corrected chi connectivity index (χ1v) is 7.64. The van der Waals surface area contributed by atoms with E-state index in [1.54, 1.807) is 32.9 Å². The zero-order valence-electron chi connectivity index (χ0n) is 11.8.